The molecule has 1 aromatic heterocycles. The fourth-order valence-electron chi connectivity index (χ4n) is 2.01. The Kier molecular flexibility index (Phi) is 3.65. The summed E-state index contributed by atoms with van der Waals surface area (Å²) in [5.41, 5.74) is 6.09. The van der Waals surface area contributed by atoms with Gasteiger partial charge in [-0.1, -0.05) is 11.6 Å². The molecule has 2 rings (SSSR count). The van der Waals surface area contributed by atoms with Gasteiger partial charge in [-0.3, -0.25) is 14.4 Å². The molecule has 1 aliphatic carbocycles. The van der Waals surface area contributed by atoms with Gasteiger partial charge in [0.2, 0.25) is 5.78 Å². The number of fused-ring (bicyclic) bond motifs is 1. The van der Waals surface area contributed by atoms with E-state index in [1.807, 2.05) is 0 Å². The quantitative estimate of drug-likeness (QED) is 0.543. The van der Waals surface area contributed by atoms with E-state index in [2.05, 4.69) is 4.98 Å². The topological polar surface area (TPSA) is 122 Å². The summed E-state index contributed by atoms with van der Waals surface area (Å²) in [4.78, 5) is 36.9. The number of hydrogen-bond acceptors (Lipinski definition) is 6. The minimum atomic E-state index is -1.00. The molecule has 8 heteroatoms. The third-order valence-corrected chi connectivity index (χ3v) is 3.25. The summed E-state index contributed by atoms with van der Waals surface area (Å²) in [5, 5.41) is 8.90. The molecule has 1 atom stereocenters. The van der Waals surface area contributed by atoms with Crippen LogP contribution in [0.4, 0.5) is 0 Å². The summed E-state index contributed by atoms with van der Waals surface area (Å²) in [6.45, 7) is 0.680. The number of aromatic nitrogens is 1. The van der Waals surface area contributed by atoms with E-state index in [9.17, 15) is 19.5 Å². The zero-order chi connectivity index (χ0) is 15.0. The minimum Gasteiger partial charge on any atom is -0.455 e. The molecule has 0 saturated carbocycles. The molecule has 106 valence electrons. The highest BCUT2D eigenvalue weighted by Crippen LogP contribution is 2.34. The van der Waals surface area contributed by atoms with Crippen molar-refractivity contribution in [1.29, 1.82) is 0 Å². The van der Waals surface area contributed by atoms with Gasteiger partial charge in [0, 0.05) is 24.2 Å². The highest BCUT2D eigenvalue weighted by Gasteiger charge is 2.36. The number of H-pyrrole nitrogens is 1. The number of aliphatic hydroxyl groups is 1. The average molecular weight is 299 g/mol. The van der Waals surface area contributed by atoms with Crippen molar-refractivity contribution in [3.8, 4) is 0 Å². The number of allylic oxidation sites excluding steroid dienone is 1. The van der Waals surface area contributed by atoms with E-state index < -0.39 is 30.2 Å². The summed E-state index contributed by atoms with van der Waals surface area (Å²) >= 11 is 5.72. The van der Waals surface area contributed by atoms with Crippen molar-refractivity contribution in [2.45, 2.75) is 13.0 Å². The lowest BCUT2D eigenvalue weighted by Gasteiger charge is -2.18. The second-order valence-corrected chi connectivity index (χ2v) is 4.54. The van der Waals surface area contributed by atoms with Crippen molar-refractivity contribution < 1.29 is 24.2 Å². The first-order valence-electron chi connectivity index (χ1n) is 5.62. The lowest BCUT2D eigenvalue weighted by molar-refractivity contribution is -0.148. The Bertz CT molecular complexity index is 646. The first-order chi connectivity index (χ1) is 9.38. The number of ketones is 2. The van der Waals surface area contributed by atoms with Crippen LogP contribution in [0, 0.1) is 0 Å². The average Bonchev–Trinajstić information content (AvgIpc) is 2.84. The number of nitrogens with two attached hydrogens (primary N) is 1. The maximum atomic E-state index is 11.8. The summed E-state index contributed by atoms with van der Waals surface area (Å²) < 4.78 is 4.93. The first-order valence-corrected chi connectivity index (χ1v) is 6.00. The molecule has 1 aliphatic rings. The van der Waals surface area contributed by atoms with Crippen LogP contribution in [0.2, 0.25) is 0 Å². The maximum Gasteiger partial charge on any atom is 0.303 e. The number of Topliss-reactive ketones (excluding diaryl/α,β-unsaturated/α-hetero) is 2. The Morgan fingerprint density at radius 3 is 2.70 bits per heavy atom. The summed E-state index contributed by atoms with van der Waals surface area (Å²) in [6.07, 6.45) is 0.346. The number of carbonyl (C=O) groups is 3. The molecule has 0 fully saturated rings. The van der Waals surface area contributed by atoms with Crippen LogP contribution in [0.5, 0.6) is 0 Å². The summed E-state index contributed by atoms with van der Waals surface area (Å²) in [7, 11) is 0. The highest BCUT2D eigenvalue weighted by molar-refractivity contribution is 6.64. The number of ether oxygens (including phenoxy) is 1. The van der Waals surface area contributed by atoms with Gasteiger partial charge in [0.1, 0.15) is 10.7 Å². The lowest BCUT2D eigenvalue weighted by atomic mass is 9.94. The minimum absolute atomic E-state index is 0.0301. The van der Waals surface area contributed by atoms with Crippen molar-refractivity contribution in [3.05, 3.63) is 28.0 Å². The fourth-order valence-corrected chi connectivity index (χ4v) is 2.19. The predicted octanol–water partition coefficient (Wildman–Crippen LogP) is 0.243. The first kappa shape index (κ1) is 14.3. The fraction of sp³-hybridized carbons (Fsp3) is 0.250. The van der Waals surface area contributed by atoms with Crippen LogP contribution in [0.15, 0.2) is 11.2 Å². The smallest absolute Gasteiger partial charge is 0.303 e. The van der Waals surface area contributed by atoms with Crippen molar-refractivity contribution in [3.63, 3.8) is 0 Å². The van der Waals surface area contributed by atoms with Gasteiger partial charge >= 0.3 is 5.97 Å². The van der Waals surface area contributed by atoms with Gasteiger partial charge in [0.15, 0.2) is 6.10 Å². The monoisotopic (exact) mass is 298 g/mol. The molecule has 0 aromatic carbocycles. The third-order valence-electron chi connectivity index (χ3n) is 2.87. The van der Waals surface area contributed by atoms with E-state index in [0.29, 0.717) is 0 Å². The molecule has 1 aromatic rings. The second kappa shape index (κ2) is 5.10. The number of hydrogen-bond donors (Lipinski definition) is 3. The maximum absolute atomic E-state index is 11.8. The molecule has 0 spiro atoms. The molecule has 0 amide bonds. The van der Waals surface area contributed by atoms with E-state index >= 15 is 0 Å². The Labute approximate surface area is 118 Å². The number of halogens is 1. The number of aromatic amines is 1. The predicted molar refractivity (Wildman–Crippen MR) is 68.7 cm³/mol. The van der Waals surface area contributed by atoms with E-state index in [-0.39, 0.29) is 27.6 Å². The number of nitrogens with one attached hydrogen (secondary N) is 1. The van der Waals surface area contributed by atoms with Gasteiger partial charge in [0.05, 0.1) is 12.3 Å². The largest absolute Gasteiger partial charge is 0.455 e. The SMILES string of the molecule is CC(=O)OC(CO)c1c[nH]c2c1C(N)=C(Cl)C(=O)C2=O. The van der Waals surface area contributed by atoms with Gasteiger partial charge in [-0.15, -0.1) is 0 Å². The van der Waals surface area contributed by atoms with Gasteiger partial charge in [0.25, 0.3) is 5.78 Å². The van der Waals surface area contributed by atoms with Crippen LogP contribution in [-0.2, 0) is 14.3 Å². The molecule has 0 radical (unpaired) electrons. The number of esters is 1. The number of carbonyl (C=O) groups excluding carboxylic acids is 3. The van der Waals surface area contributed by atoms with Crippen LogP contribution in [0.1, 0.15) is 34.6 Å². The number of aliphatic hydroxyl groups excluding tert-OH is 1. The Morgan fingerprint density at radius 1 is 1.50 bits per heavy atom. The van der Waals surface area contributed by atoms with Crippen molar-refractivity contribution in [2.75, 3.05) is 6.61 Å². The van der Waals surface area contributed by atoms with E-state index in [4.69, 9.17) is 22.1 Å². The highest BCUT2D eigenvalue weighted by atomic mass is 35.5. The second-order valence-electron chi connectivity index (χ2n) is 4.16. The van der Waals surface area contributed by atoms with E-state index in [1.165, 1.54) is 13.1 Å². The van der Waals surface area contributed by atoms with Crippen LogP contribution >= 0.6 is 11.6 Å². The van der Waals surface area contributed by atoms with Crippen molar-refractivity contribution in [1.82, 2.24) is 4.98 Å². The van der Waals surface area contributed by atoms with Crippen molar-refractivity contribution >= 4 is 34.8 Å². The Hall–Kier alpha value is -2.12. The van der Waals surface area contributed by atoms with Crippen LogP contribution in [0.25, 0.3) is 5.70 Å². The summed E-state index contributed by atoms with van der Waals surface area (Å²) in [5.74, 6) is -2.34. The van der Waals surface area contributed by atoms with Gasteiger partial charge in [-0.25, -0.2) is 0 Å². The molecule has 1 heterocycles. The zero-order valence-corrected chi connectivity index (χ0v) is 11.2. The molecule has 1 unspecified atom stereocenters. The lowest BCUT2D eigenvalue weighted by Crippen LogP contribution is -2.25. The van der Waals surface area contributed by atoms with Crippen LogP contribution in [0.3, 0.4) is 0 Å². The van der Waals surface area contributed by atoms with Gasteiger partial charge in [-0.2, -0.15) is 0 Å². The molecule has 0 saturated heterocycles. The van der Waals surface area contributed by atoms with E-state index in [1.54, 1.807) is 0 Å². The molecule has 20 heavy (non-hydrogen) atoms. The molecule has 4 N–H and O–H groups in total. The molecule has 7 nitrogen and oxygen atoms in total. The molecule has 0 bridgehead atoms. The Balaban J connectivity index is 2.58. The van der Waals surface area contributed by atoms with Gasteiger partial charge < -0.3 is 20.6 Å². The van der Waals surface area contributed by atoms with Crippen LogP contribution < -0.4 is 5.73 Å². The standard InChI is InChI=1S/C12H11ClN2O5/c1-4(17)20-6(3-16)5-2-15-10-7(5)9(14)8(13)11(18)12(10)19/h2,6,15-16H,3,14H2,1H3. The summed E-state index contributed by atoms with van der Waals surface area (Å²) in [6, 6.07) is 0. The van der Waals surface area contributed by atoms with Crippen molar-refractivity contribution in [2.24, 2.45) is 5.73 Å². The molecule has 0 aliphatic heterocycles. The third kappa shape index (κ3) is 2.10. The molecular formula is C12H11ClN2O5. The Morgan fingerprint density at radius 2 is 2.15 bits per heavy atom. The van der Waals surface area contributed by atoms with E-state index in [0.717, 1.165) is 0 Å². The van der Waals surface area contributed by atoms with Gasteiger partial charge in [-0.05, 0) is 0 Å². The molecular weight excluding hydrogens is 288 g/mol. The zero-order valence-electron chi connectivity index (χ0n) is 10.4. The number of rotatable bonds is 3. The normalized spacial score (nSPS) is 16.1. The van der Waals surface area contributed by atoms with Crippen LogP contribution in [-0.4, -0.2) is 34.2 Å².